The van der Waals surface area contributed by atoms with Crippen molar-refractivity contribution in [2.75, 3.05) is 13.7 Å². The van der Waals surface area contributed by atoms with Crippen molar-refractivity contribution in [2.24, 2.45) is 0 Å². The van der Waals surface area contributed by atoms with Crippen molar-refractivity contribution in [2.45, 2.75) is 19.0 Å². The van der Waals surface area contributed by atoms with Crippen LogP contribution in [0, 0.1) is 0 Å². The van der Waals surface area contributed by atoms with Gasteiger partial charge in [-0.05, 0) is 11.1 Å². The fourth-order valence-corrected chi connectivity index (χ4v) is 1.30. The van der Waals surface area contributed by atoms with Crippen molar-refractivity contribution in [3.8, 4) is 0 Å². The normalized spacial score (nSPS) is 21.2. The van der Waals surface area contributed by atoms with Gasteiger partial charge >= 0.3 is 5.97 Å². The van der Waals surface area contributed by atoms with Gasteiger partial charge in [-0.1, -0.05) is 12.2 Å². The van der Waals surface area contributed by atoms with Gasteiger partial charge < -0.3 is 9.84 Å². The Balaban J connectivity index is 2.69. The number of aliphatic hydroxyl groups is 1. The lowest BCUT2D eigenvalue weighted by Crippen LogP contribution is -2.14. The Morgan fingerprint density at radius 1 is 1.79 bits per heavy atom. The molecule has 3 nitrogen and oxygen atoms in total. The average Bonchev–Trinajstić information content (AvgIpc) is 2.21. The summed E-state index contributed by atoms with van der Waals surface area (Å²) < 4.78 is 17.7. The van der Waals surface area contributed by atoms with E-state index in [1.165, 1.54) is 13.2 Å². The second-order valence-electron chi connectivity index (χ2n) is 3.11. The Bertz CT molecular complexity index is 281. The molecule has 0 aromatic rings. The standard InChI is InChI=1S/C10H13FO3/c1-14-10(13)5-8-4-7(6-12)2-3-9(8)11/h2,4,9,12H,3,5-6H2,1H3. The van der Waals surface area contributed by atoms with E-state index in [0.717, 1.165) is 0 Å². The van der Waals surface area contributed by atoms with Gasteiger partial charge in [0.25, 0.3) is 0 Å². The zero-order valence-corrected chi connectivity index (χ0v) is 8.00. The van der Waals surface area contributed by atoms with Gasteiger partial charge in [0, 0.05) is 6.42 Å². The first-order valence-electron chi connectivity index (χ1n) is 4.38. The number of carbonyl (C=O) groups is 1. The molecule has 0 saturated heterocycles. The molecule has 1 rings (SSSR count). The number of hydrogen-bond acceptors (Lipinski definition) is 3. The van der Waals surface area contributed by atoms with Gasteiger partial charge in [0.2, 0.25) is 0 Å². The fraction of sp³-hybridized carbons (Fsp3) is 0.500. The molecule has 1 unspecified atom stereocenters. The second kappa shape index (κ2) is 4.91. The largest absolute Gasteiger partial charge is 0.469 e. The lowest BCUT2D eigenvalue weighted by Gasteiger charge is -2.15. The number of allylic oxidation sites excluding steroid dienone is 1. The molecule has 0 spiro atoms. The van der Waals surface area contributed by atoms with Gasteiger partial charge in [0.15, 0.2) is 0 Å². The Hall–Kier alpha value is -1.16. The van der Waals surface area contributed by atoms with Crippen molar-refractivity contribution in [1.82, 2.24) is 0 Å². The molecule has 0 aromatic carbocycles. The maximum absolute atomic E-state index is 13.3. The molecule has 0 fully saturated rings. The van der Waals surface area contributed by atoms with Crippen LogP contribution in [0.4, 0.5) is 4.39 Å². The van der Waals surface area contributed by atoms with Crippen LogP contribution >= 0.6 is 0 Å². The first-order valence-corrected chi connectivity index (χ1v) is 4.38. The predicted octanol–water partition coefficient (Wildman–Crippen LogP) is 1.14. The van der Waals surface area contributed by atoms with Crippen molar-refractivity contribution < 1.29 is 19.0 Å². The fourth-order valence-electron chi connectivity index (χ4n) is 1.30. The van der Waals surface area contributed by atoms with Crippen LogP contribution in [-0.4, -0.2) is 31.0 Å². The third kappa shape index (κ3) is 2.67. The van der Waals surface area contributed by atoms with Crippen LogP contribution in [-0.2, 0) is 9.53 Å². The summed E-state index contributed by atoms with van der Waals surface area (Å²) in [5.74, 6) is -0.460. The molecule has 0 saturated carbocycles. The van der Waals surface area contributed by atoms with E-state index < -0.39 is 12.1 Å². The van der Waals surface area contributed by atoms with Crippen molar-refractivity contribution in [3.63, 3.8) is 0 Å². The van der Waals surface area contributed by atoms with E-state index in [0.29, 0.717) is 11.1 Å². The highest BCUT2D eigenvalue weighted by Gasteiger charge is 2.19. The van der Waals surface area contributed by atoms with Gasteiger partial charge in [-0.3, -0.25) is 4.79 Å². The molecule has 4 heteroatoms. The molecule has 78 valence electrons. The predicted molar refractivity (Wildman–Crippen MR) is 49.4 cm³/mol. The van der Waals surface area contributed by atoms with E-state index in [1.807, 2.05) is 0 Å². The van der Waals surface area contributed by atoms with Crippen LogP contribution in [0.3, 0.4) is 0 Å². The molecule has 1 aliphatic rings. The van der Waals surface area contributed by atoms with Gasteiger partial charge in [-0.2, -0.15) is 0 Å². The third-order valence-electron chi connectivity index (χ3n) is 2.12. The summed E-state index contributed by atoms with van der Waals surface area (Å²) in [5, 5.41) is 8.83. The minimum absolute atomic E-state index is 0.0466. The van der Waals surface area contributed by atoms with E-state index in [9.17, 15) is 9.18 Å². The molecule has 1 aliphatic carbocycles. The summed E-state index contributed by atoms with van der Waals surface area (Å²) in [5.41, 5.74) is 1.03. The van der Waals surface area contributed by atoms with Crippen LogP contribution in [0.1, 0.15) is 12.8 Å². The van der Waals surface area contributed by atoms with Crippen LogP contribution in [0.2, 0.25) is 0 Å². The van der Waals surface area contributed by atoms with E-state index in [-0.39, 0.29) is 19.4 Å². The van der Waals surface area contributed by atoms with Crippen LogP contribution in [0.15, 0.2) is 23.3 Å². The number of carbonyl (C=O) groups excluding carboxylic acids is 1. The lowest BCUT2D eigenvalue weighted by atomic mass is 9.96. The Morgan fingerprint density at radius 3 is 3.07 bits per heavy atom. The zero-order chi connectivity index (χ0) is 10.6. The monoisotopic (exact) mass is 200 g/mol. The summed E-state index contributed by atoms with van der Waals surface area (Å²) in [6.07, 6.45) is 2.19. The maximum atomic E-state index is 13.3. The topological polar surface area (TPSA) is 46.5 Å². The number of aliphatic hydroxyl groups excluding tert-OH is 1. The molecule has 0 aromatic heterocycles. The van der Waals surface area contributed by atoms with Crippen molar-refractivity contribution >= 4 is 5.97 Å². The number of alkyl halides is 1. The van der Waals surface area contributed by atoms with Crippen LogP contribution in [0.25, 0.3) is 0 Å². The lowest BCUT2D eigenvalue weighted by molar-refractivity contribution is -0.139. The minimum Gasteiger partial charge on any atom is -0.469 e. The number of esters is 1. The molecule has 0 bridgehead atoms. The molecule has 1 N–H and O–H groups in total. The molecule has 1 atom stereocenters. The Morgan fingerprint density at radius 2 is 2.50 bits per heavy atom. The molecule has 0 heterocycles. The number of hydrogen-bond donors (Lipinski definition) is 1. The Labute approximate surface area is 81.9 Å². The number of rotatable bonds is 3. The van der Waals surface area contributed by atoms with Crippen molar-refractivity contribution in [1.29, 1.82) is 0 Å². The molecular formula is C10H13FO3. The summed E-state index contributed by atoms with van der Waals surface area (Å²) in [4.78, 5) is 10.9. The number of ether oxygens (including phenoxy) is 1. The molecule has 0 radical (unpaired) electrons. The third-order valence-corrected chi connectivity index (χ3v) is 2.12. The van der Waals surface area contributed by atoms with E-state index in [2.05, 4.69) is 4.74 Å². The van der Waals surface area contributed by atoms with Gasteiger partial charge in [0.05, 0.1) is 20.1 Å². The van der Waals surface area contributed by atoms with Gasteiger partial charge in [0.1, 0.15) is 6.17 Å². The Kier molecular flexibility index (Phi) is 3.83. The molecular weight excluding hydrogens is 187 g/mol. The van der Waals surface area contributed by atoms with Gasteiger partial charge in [-0.25, -0.2) is 4.39 Å². The molecule has 14 heavy (non-hydrogen) atoms. The molecule has 0 aliphatic heterocycles. The summed E-state index contributed by atoms with van der Waals surface area (Å²) >= 11 is 0. The second-order valence-corrected chi connectivity index (χ2v) is 3.11. The zero-order valence-electron chi connectivity index (χ0n) is 8.00. The quantitative estimate of drug-likeness (QED) is 0.695. The van der Waals surface area contributed by atoms with Crippen LogP contribution < -0.4 is 0 Å². The SMILES string of the molecule is COC(=O)CC1=CC(CO)=CCC1F. The van der Waals surface area contributed by atoms with Crippen LogP contribution in [0.5, 0.6) is 0 Å². The first kappa shape index (κ1) is 10.9. The highest BCUT2D eigenvalue weighted by Crippen LogP contribution is 2.23. The first-order chi connectivity index (χ1) is 6.67. The smallest absolute Gasteiger partial charge is 0.309 e. The van der Waals surface area contributed by atoms with E-state index in [1.54, 1.807) is 6.08 Å². The average molecular weight is 200 g/mol. The molecule has 0 amide bonds. The summed E-state index contributed by atoms with van der Waals surface area (Å²) in [6, 6.07) is 0. The number of halogens is 1. The van der Waals surface area contributed by atoms with Crippen molar-refractivity contribution in [3.05, 3.63) is 23.3 Å². The number of methoxy groups -OCH3 is 1. The summed E-state index contributed by atoms with van der Waals surface area (Å²) in [6.45, 7) is -0.128. The summed E-state index contributed by atoms with van der Waals surface area (Å²) in [7, 11) is 1.27. The van der Waals surface area contributed by atoms with E-state index in [4.69, 9.17) is 5.11 Å². The van der Waals surface area contributed by atoms with E-state index >= 15 is 0 Å². The maximum Gasteiger partial charge on any atom is 0.309 e. The highest BCUT2D eigenvalue weighted by molar-refractivity contribution is 5.72. The highest BCUT2D eigenvalue weighted by atomic mass is 19.1. The van der Waals surface area contributed by atoms with Gasteiger partial charge in [-0.15, -0.1) is 0 Å². The minimum atomic E-state index is -1.13.